The predicted octanol–water partition coefficient (Wildman–Crippen LogP) is 3.25. The van der Waals surface area contributed by atoms with Gasteiger partial charge in [0.05, 0.1) is 11.6 Å². The van der Waals surface area contributed by atoms with Crippen molar-refractivity contribution in [2.45, 2.75) is 13.0 Å². The molecule has 0 saturated heterocycles. The molecule has 1 N–H and O–H groups in total. The summed E-state index contributed by atoms with van der Waals surface area (Å²) in [6.45, 7) is 2.08. The molecule has 0 aliphatic heterocycles. The Bertz CT molecular complexity index is 737. The Morgan fingerprint density at radius 3 is 2.75 bits per heavy atom. The molecular weight excluding hydrogens is 246 g/mol. The minimum absolute atomic E-state index is 0.134. The summed E-state index contributed by atoms with van der Waals surface area (Å²) >= 11 is 0. The molecular formula is C17H17N3. The van der Waals surface area contributed by atoms with E-state index in [0.717, 1.165) is 10.9 Å². The Morgan fingerprint density at radius 1 is 1.10 bits per heavy atom. The minimum atomic E-state index is 0.134. The molecule has 2 aromatic heterocycles. The first-order chi connectivity index (χ1) is 9.79. The number of nitrogens with one attached hydrogen (secondary N) is 1. The maximum absolute atomic E-state index is 4.55. The Hall–Kier alpha value is -2.26. The normalized spacial score (nSPS) is 12.5. The second-order valence-corrected chi connectivity index (χ2v) is 4.92. The van der Waals surface area contributed by atoms with Crippen LogP contribution in [0.1, 0.15) is 22.7 Å². The second kappa shape index (κ2) is 5.39. The molecule has 100 valence electrons. The van der Waals surface area contributed by atoms with E-state index in [2.05, 4.69) is 40.4 Å². The van der Waals surface area contributed by atoms with Gasteiger partial charge in [0.25, 0.3) is 0 Å². The average Bonchev–Trinajstić information content (AvgIpc) is 2.50. The third-order valence-corrected chi connectivity index (χ3v) is 3.61. The summed E-state index contributed by atoms with van der Waals surface area (Å²) in [7, 11) is 1.97. The molecule has 3 aromatic rings. The number of hydrogen-bond acceptors (Lipinski definition) is 3. The molecule has 3 rings (SSSR count). The number of aryl methyl sites for hydroxylation is 1. The number of aromatic nitrogens is 2. The third-order valence-electron chi connectivity index (χ3n) is 3.61. The van der Waals surface area contributed by atoms with Gasteiger partial charge in [-0.3, -0.25) is 9.97 Å². The first-order valence-electron chi connectivity index (χ1n) is 6.72. The van der Waals surface area contributed by atoms with Gasteiger partial charge in [-0.05, 0) is 48.9 Å². The van der Waals surface area contributed by atoms with Crippen LogP contribution in [-0.2, 0) is 0 Å². The summed E-state index contributed by atoms with van der Waals surface area (Å²) in [6, 6.07) is 12.6. The van der Waals surface area contributed by atoms with E-state index >= 15 is 0 Å². The van der Waals surface area contributed by atoms with Crippen molar-refractivity contribution in [3.05, 3.63) is 71.7 Å². The quantitative estimate of drug-likeness (QED) is 0.788. The molecule has 1 atom stereocenters. The molecule has 0 saturated carbocycles. The van der Waals surface area contributed by atoms with Gasteiger partial charge in [0.2, 0.25) is 0 Å². The monoisotopic (exact) mass is 263 g/mol. The Balaban J connectivity index is 2.10. The standard InChI is InChI=1S/C17H17N3/c1-12-10-19-8-7-15(12)17(18-2)14-9-13-5-3-4-6-16(13)20-11-14/h3-11,17-18H,1-2H3. The molecule has 0 bridgehead atoms. The van der Waals surface area contributed by atoms with Gasteiger partial charge in [-0.1, -0.05) is 18.2 Å². The molecule has 3 nitrogen and oxygen atoms in total. The maximum Gasteiger partial charge on any atom is 0.0702 e. The van der Waals surface area contributed by atoms with Crippen LogP contribution in [0.2, 0.25) is 0 Å². The van der Waals surface area contributed by atoms with Crippen LogP contribution in [0.3, 0.4) is 0 Å². The van der Waals surface area contributed by atoms with Crippen molar-refractivity contribution in [1.29, 1.82) is 0 Å². The van der Waals surface area contributed by atoms with E-state index in [1.165, 1.54) is 16.7 Å². The molecule has 0 radical (unpaired) electrons. The summed E-state index contributed by atoms with van der Waals surface area (Å²) in [5, 5.41) is 4.54. The van der Waals surface area contributed by atoms with Crippen LogP contribution in [0.15, 0.2) is 55.0 Å². The van der Waals surface area contributed by atoms with Crippen LogP contribution in [0.25, 0.3) is 10.9 Å². The fourth-order valence-electron chi connectivity index (χ4n) is 2.56. The highest BCUT2D eigenvalue weighted by Gasteiger charge is 2.14. The van der Waals surface area contributed by atoms with Crippen molar-refractivity contribution >= 4 is 10.9 Å². The fourth-order valence-corrected chi connectivity index (χ4v) is 2.56. The van der Waals surface area contributed by atoms with Crippen LogP contribution in [0.5, 0.6) is 0 Å². The van der Waals surface area contributed by atoms with Gasteiger partial charge in [0, 0.05) is 24.0 Å². The van der Waals surface area contributed by atoms with Gasteiger partial charge in [0.15, 0.2) is 0 Å². The molecule has 3 heteroatoms. The Morgan fingerprint density at radius 2 is 1.95 bits per heavy atom. The van der Waals surface area contributed by atoms with E-state index in [0.29, 0.717) is 0 Å². The second-order valence-electron chi connectivity index (χ2n) is 4.92. The summed E-state index contributed by atoms with van der Waals surface area (Å²) in [4.78, 5) is 8.71. The topological polar surface area (TPSA) is 37.8 Å². The summed E-state index contributed by atoms with van der Waals surface area (Å²) in [5.41, 5.74) is 4.61. The molecule has 0 aliphatic rings. The van der Waals surface area contributed by atoms with Gasteiger partial charge in [-0.2, -0.15) is 0 Å². The maximum atomic E-state index is 4.55. The number of fused-ring (bicyclic) bond motifs is 1. The van der Waals surface area contributed by atoms with E-state index in [9.17, 15) is 0 Å². The lowest BCUT2D eigenvalue weighted by Crippen LogP contribution is -2.19. The molecule has 0 amide bonds. The van der Waals surface area contributed by atoms with Crippen molar-refractivity contribution in [3.63, 3.8) is 0 Å². The zero-order valence-corrected chi connectivity index (χ0v) is 11.7. The summed E-state index contributed by atoms with van der Waals surface area (Å²) in [5.74, 6) is 0. The van der Waals surface area contributed by atoms with E-state index in [4.69, 9.17) is 0 Å². The Labute approximate surface area is 118 Å². The largest absolute Gasteiger partial charge is 0.309 e. The minimum Gasteiger partial charge on any atom is -0.309 e. The van der Waals surface area contributed by atoms with Gasteiger partial charge < -0.3 is 5.32 Å². The lowest BCUT2D eigenvalue weighted by molar-refractivity contribution is 0.684. The van der Waals surface area contributed by atoms with Crippen LogP contribution < -0.4 is 5.32 Å². The van der Waals surface area contributed by atoms with Gasteiger partial charge in [-0.15, -0.1) is 0 Å². The highest BCUT2D eigenvalue weighted by Crippen LogP contribution is 2.25. The number of benzene rings is 1. The van der Waals surface area contributed by atoms with Gasteiger partial charge in [-0.25, -0.2) is 0 Å². The van der Waals surface area contributed by atoms with E-state index in [1.807, 2.05) is 43.8 Å². The smallest absolute Gasteiger partial charge is 0.0702 e. The van der Waals surface area contributed by atoms with Crippen molar-refractivity contribution in [3.8, 4) is 0 Å². The number of pyridine rings is 2. The fraction of sp³-hybridized carbons (Fsp3) is 0.176. The van der Waals surface area contributed by atoms with Gasteiger partial charge >= 0.3 is 0 Å². The zero-order chi connectivity index (χ0) is 13.9. The van der Waals surface area contributed by atoms with Gasteiger partial charge in [0.1, 0.15) is 0 Å². The zero-order valence-electron chi connectivity index (χ0n) is 11.7. The van der Waals surface area contributed by atoms with Crippen molar-refractivity contribution in [1.82, 2.24) is 15.3 Å². The molecule has 1 aromatic carbocycles. The first-order valence-corrected chi connectivity index (χ1v) is 6.72. The third kappa shape index (κ3) is 2.28. The molecule has 0 aliphatic carbocycles. The highest BCUT2D eigenvalue weighted by atomic mass is 14.9. The van der Waals surface area contributed by atoms with Crippen LogP contribution in [-0.4, -0.2) is 17.0 Å². The number of rotatable bonds is 3. The Kier molecular flexibility index (Phi) is 3.44. The summed E-state index contributed by atoms with van der Waals surface area (Å²) in [6.07, 6.45) is 5.68. The molecule has 0 fully saturated rings. The SMILES string of the molecule is CNC(c1cnc2ccccc2c1)c1ccncc1C. The van der Waals surface area contributed by atoms with Crippen molar-refractivity contribution < 1.29 is 0 Å². The lowest BCUT2D eigenvalue weighted by Gasteiger charge is -2.19. The molecule has 1 unspecified atom stereocenters. The molecule has 2 heterocycles. The van der Waals surface area contributed by atoms with Crippen molar-refractivity contribution in [2.75, 3.05) is 7.05 Å². The lowest BCUT2D eigenvalue weighted by atomic mass is 9.97. The number of nitrogens with zero attached hydrogens (tertiary/aromatic N) is 2. The summed E-state index contributed by atoms with van der Waals surface area (Å²) < 4.78 is 0. The molecule has 0 spiro atoms. The molecule has 20 heavy (non-hydrogen) atoms. The van der Waals surface area contributed by atoms with Crippen LogP contribution >= 0.6 is 0 Å². The average molecular weight is 263 g/mol. The van der Waals surface area contributed by atoms with Crippen LogP contribution in [0, 0.1) is 6.92 Å². The predicted molar refractivity (Wildman–Crippen MR) is 81.6 cm³/mol. The number of para-hydroxylation sites is 1. The van der Waals surface area contributed by atoms with E-state index in [-0.39, 0.29) is 6.04 Å². The van der Waals surface area contributed by atoms with E-state index in [1.54, 1.807) is 0 Å². The van der Waals surface area contributed by atoms with E-state index < -0.39 is 0 Å². The van der Waals surface area contributed by atoms with Crippen molar-refractivity contribution in [2.24, 2.45) is 0 Å². The first kappa shape index (κ1) is 12.8. The highest BCUT2D eigenvalue weighted by molar-refractivity contribution is 5.79. The number of hydrogen-bond donors (Lipinski definition) is 1. The van der Waals surface area contributed by atoms with Crippen LogP contribution in [0.4, 0.5) is 0 Å².